The molecule has 2 rings (SSSR count). The second kappa shape index (κ2) is 5.26. The van der Waals surface area contributed by atoms with Crippen molar-refractivity contribution in [3.63, 3.8) is 0 Å². The zero-order valence-electron chi connectivity index (χ0n) is 9.41. The molecule has 0 spiro atoms. The number of carbonyl (C=O) groups is 1. The summed E-state index contributed by atoms with van der Waals surface area (Å²) >= 11 is 13.2. The molecule has 3 N–H and O–H groups in total. The lowest BCUT2D eigenvalue weighted by Crippen LogP contribution is -2.26. The molecular formula is C10H10Cl2N4OS. The van der Waals surface area contributed by atoms with Crippen LogP contribution in [0.2, 0.25) is 10.0 Å². The molecule has 0 aliphatic rings. The number of nitrogens with two attached hydrogens (primary N) is 1. The number of nitrogens with one attached hydrogen (secondary N) is 1. The molecule has 0 fully saturated rings. The molecular weight excluding hydrogens is 295 g/mol. The number of halogens is 2. The van der Waals surface area contributed by atoms with Crippen LogP contribution in [-0.2, 0) is 4.79 Å². The minimum Gasteiger partial charge on any atom is -0.381 e. The van der Waals surface area contributed by atoms with Crippen molar-refractivity contribution in [1.82, 2.24) is 8.75 Å². The second-order valence-corrected chi connectivity index (χ2v) is 5.20. The lowest BCUT2D eigenvalue weighted by Gasteiger charge is -2.12. The average Bonchev–Trinajstić information content (AvgIpc) is 2.77. The molecule has 0 aliphatic carbocycles. The molecule has 0 aliphatic heterocycles. The maximum Gasteiger partial charge on any atom is 0.222 e. The van der Waals surface area contributed by atoms with E-state index in [0.29, 0.717) is 33.3 Å². The van der Waals surface area contributed by atoms with Crippen molar-refractivity contribution in [3.8, 4) is 0 Å². The molecule has 1 aromatic carbocycles. The van der Waals surface area contributed by atoms with Crippen molar-refractivity contribution in [1.29, 1.82) is 0 Å². The maximum absolute atomic E-state index is 11.0. The highest BCUT2D eigenvalue weighted by atomic mass is 35.5. The fourth-order valence-electron chi connectivity index (χ4n) is 1.40. The van der Waals surface area contributed by atoms with Gasteiger partial charge in [0, 0.05) is 6.54 Å². The molecule has 1 unspecified atom stereocenters. The number of anilines is 1. The summed E-state index contributed by atoms with van der Waals surface area (Å²) in [6.45, 7) is 2.11. The molecule has 1 atom stereocenters. The van der Waals surface area contributed by atoms with E-state index in [1.807, 2.05) is 0 Å². The zero-order valence-corrected chi connectivity index (χ0v) is 11.7. The molecule has 1 amide bonds. The van der Waals surface area contributed by atoms with Crippen molar-refractivity contribution in [3.05, 3.63) is 16.1 Å². The van der Waals surface area contributed by atoms with Crippen LogP contribution < -0.4 is 11.1 Å². The van der Waals surface area contributed by atoms with Crippen LogP contribution >= 0.6 is 34.9 Å². The van der Waals surface area contributed by atoms with Crippen LogP contribution in [-0.4, -0.2) is 21.2 Å². The first-order chi connectivity index (χ1) is 8.50. The van der Waals surface area contributed by atoms with E-state index in [9.17, 15) is 4.79 Å². The number of amides is 1. The first-order valence-corrected chi connectivity index (χ1v) is 6.62. The van der Waals surface area contributed by atoms with E-state index in [1.54, 1.807) is 13.0 Å². The van der Waals surface area contributed by atoms with Crippen molar-refractivity contribution >= 4 is 57.6 Å². The van der Waals surface area contributed by atoms with Crippen molar-refractivity contribution in [2.45, 2.75) is 6.92 Å². The number of carbonyl (C=O) groups excluding carboxylic acids is 1. The molecule has 96 valence electrons. The van der Waals surface area contributed by atoms with E-state index >= 15 is 0 Å². The molecule has 0 radical (unpaired) electrons. The summed E-state index contributed by atoms with van der Waals surface area (Å²) in [7, 11) is 0. The maximum atomic E-state index is 11.0. The quantitative estimate of drug-likeness (QED) is 0.909. The Hall–Kier alpha value is -1.11. The topological polar surface area (TPSA) is 80.9 Å². The smallest absolute Gasteiger partial charge is 0.222 e. The molecule has 8 heteroatoms. The Bertz CT molecular complexity index is 601. The van der Waals surface area contributed by atoms with Crippen LogP contribution in [0.4, 0.5) is 5.69 Å². The molecule has 2 aromatic rings. The fourth-order valence-corrected chi connectivity index (χ4v) is 2.58. The second-order valence-electron chi connectivity index (χ2n) is 3.86. The first-order valence-electron chi connectivity index (χ1n) is 5.14. The molecule has 0 saturated carbocycles. The van der Waals surface area contributed by atoms with Crippen LogP contribution in [0.5, 0.6) is 0 Å². The van der Waals surface area contributed by atoms with Crippen molar-refractivity contribution in [2.24, 2.45) is 11.7 Å². The highest BCUT2D eigenvalue weighted by Crippen LogP contribution is 2.35. The largest absolute Gasteiger partial charge is 0.381 e. The number of fused-ring (bicyclic) bond motifs is 1. The summed E-state index contributed by atoms with van der Waals surface area (Å²) < 4.78 is 8.24. The van der Waals surface area contributed by atoms with Gasteiger partial charge in [-0.3, -0.25) is 4.79 Å². The van der Waals surface area contributed by atoms with Crippen LogP contribution in [0.25, 0.3) is 11.0 Å². The molecule has 18 heavy (non-hydrogen) atoms. The van der Waals surface area contributed by atoms with E-state index < -0.39 is 0 Å². The molecule has 1 heterocycles. The van der Waals surface area contributed by atoms with Gasteiger partial charge in [-0.25, -0.2) is 0 Å². The minimum atomic E-state index is -0.375. The summed E-state index contributed by atoms with van der Waals surface area (Å²) in [4.78, 5) is 11.0. The third-order valence-electron chi connectivity index (χ3n) is 2.51. The predicted octanol–water partition coefficient (Wildman–Crippen LogP) is 2.53. The summed E-state index contributed by atoms with van der Waals surface area (Å²) in [5.74, 6) is -0.682. The predicted molar refractivity (Wildman–Crippen MR) is 74.3 cm³/mol. The minimum absolute atomic E-state index is 0.307. The van der Waals surface area contributed by atoms with E-state index in [-0.39, 0.29) is 11.8 Å². The Morgan fingerprint density at radius 3 is 2.78 bits per heavy atom. The van der Waals surface area contributed by atoms with Gasteiger partial charge in [0.1, 0.15) is 11.0 Å². The van der Waals surface area contributed by atoms with Crippen LogP contribution in [0, 0.1) is 5.92 Å². The highest BCUT2D eigenvalue weighted by molar-refractivity contribution is 7.00. The number of aromatic nitrogens is 2. The molecule has 0 bridgehead atoms. The van der Waals surface area contributed by atoms with Gasteiger partial charge in [-0.15, -0.1) is 0 Å². The number of nitrogens with zero attached hydrogens (tertiary/aromatic N) is 2. The van der Waals surface area contributed by atoms with Gasteiger partial charge in [-0.05, 0) is 6.07 Å². The Morgan fingerprint density at radius 1 is 1.44 bits per heavy atom. The standard InChI is InChI=1S/C10H10Cl2N4OS/c1-4(10(13)17)3-14-7-5(11)2-6(12)8-9(7)16-18-15-8/h2,4,14H,3H2,1H3,(H2,13,17). The third kappa shape index (κ3) is 2.50. The summed E-state index contributed by atoms with van der Waals surface area (Å²) in [5, 5.41) is 3.96. The third-order valence-corrected chi connectivity index (χ3v) is 3.63. The average molecular weight is 305 g/mol. The van der Waals surface area contributed by atoms with E-state index in [1.165, 1.54) is 0 Å². The summed E-state index contributed by atoms with van der Waals surface area (Å²) in [6, 6.07) is 1.60. The Labute approximate surface area is 118 Å². The van der Waals surface area contributed by atoms with Gasteiger partial charge in [-0.2, -0.15) is 8.75 Å². The first kappa shape index (κ1) is 13.3. The van der Waals surface area contributed by atoms with Crippen molar-refractivity contribution in [2.75, 3.05) is 11.9 Å². The van der Waals surface area contributed by atoms with Gasteiger partial charge in [0.25, 0.3) is 0 Å². The SMILES string of the molecule is CC(CNc1c(Cl)cc(Cl)c2nsnc12)C(N)=O. The molecule has 0 saturated heterocycles. The van der Waals surface area contributed by atoms with E-state index in [2.05, 4.69) is 14.1 Å². The number of benzene rings is 1. The van der Waals surface area contributed by atoms with E-state index in [4.69, 9.17) is 28.9 Å². The van der Waals surface area contributed by atoms with Gasteiger partial charge in [0.15, 0.2) is 0 Å². The van der Waals surface area contributed by atoms with Gasteiger partial charge in [0.2, 0.25) is 5.91 Å². The number of hydrogen-bond donors (Lipinski definition) is 2. The van der Waals surface area contributed by atoms with Crippen LogP contribution in [0.3, 0.4) is 0 Å². The molecule has 5 nitrogen and oxygen atoms in total. The van der Waals surface area contributed by atoms with Crippen molar-refractivity contribution < 1.29 is 4.79 Å². The lowest BCUT2D eigenvalue weighted by molar-refractivity contribution is -0.120. The van der Waals surface area contributed by atoms with Gasteiger partial charge in [-0.1, -0.05) is 30.1 Å². The highest BCUT2D eigenvalue weighted by Gasteiger charge is 2.15. The Balaban J connectivity index is 2.33. The normalized spacial score (nSPS) is 12.6. The number of rotatable bonds is 4. The van der Waals surface area contributed by atoms with Crippen LogP contribution in [0.1, 0.15) is 6.92 Å². The Morgan fingerprint density at radius 2 is 2.11 bits per heavy atom. The van der Waals surface area contributed by atoms with Gasteiger partial charge < -0.3 is 11.1 Å². The summed E-state index contributed by atoms with van der Waals surface area (Å²) in [6.07, 6.45) is 0. The Kier molecular flexibility index (Phi) is 3.89. The number of primary amides is 1. The fraction of sp³-hybridized carbons (Fsp3) is 0.300. The van der Waals surface area contributed by atoms with Crippen LogP contribution in [0.15, 0.2) is 6.07 Å². The van der Waals surface area contributed by atoms with E-state index in [0.717, 1.165) is 11.7 Å². The summed E-state index contributed by atoms with van der Waals surface area (Å²) in [5.41, 5.74) is 7.02. The zero-order chi connectivity index (χ0) is 13.3. The van der Waals surface area contributed by atoms with Gasteiger partial charge in [0.05, 0.1) is 33.4 Å². The number of hydrogen-bond acceptors (Lipinski definition) is 5. The monoisotopic (exact) mass is 304 g/mol. The van der Waals surface area contributed by atoms with Gasteiger partial charge >= 0.3 is 0 Å². The lowest BCUT2D eigenvalue weighted by atomic mass is 10.1. The molecule has 1 aromatic heterocycles.